The van der Waals surface area contributed by atoms with E-state index in [4.69, 9.17) is 9.47 Å². The van der Waals surface area contributed by atoms with Gasteiger partial charge in [0.1, 0.15) is 5.75 Å². The molecule has 2 aromatic carbocycles. The molecule has 0 radical (unpaired) electrons. The molecule has 148 valence electrons. The molecule has 1 aliphatic rings. The van der Waals surface area contributed by atoms with Gasteiger partial charge in [0.2, 0.25) is 0 Å². The number of anilines is 1. The number of rotatable bonds is 7. The van der Waals surface area contributed by atoms with E-state index >= 15 is 0 Å². The molecule has 0 aromatic heterocycles. The van der Waals surface area contributed by atoms with Crippen LogP contribution in [0.3, 0.4) is 0 Å². The number of carbonyl (C=O) groups excluding carboxylic acids is 2. The number of esters is 1. The Kier molecular flexibility index (Phi) is 6.58. The summed E-state index contributed by atoms with van der Waals surface area (Å²) in [5, 5.41) is 5.68. The third-order valence-electron chi connectivity index (χ3n) is 4.25. The van der Waals surface area contributed by atoms with Crippen molar-refractivity contribution in [3.63, 3.8) is 0 Å². The predicted molar refractivity (Wildman–Crippen MR) is 113 cm³/mol. The van der Waals surface area contributed by atoms with Crippen molar-refractivity contribution in [2.45, 2.75) is 13.3 Å². The van der Waals surface area contributed by atoms with Gasteiger partial charge in [0, 0.05) is 5.56 Å². The minimum absolute atomic E-state index is 0.0722. The maximum absolute atomic E-state index is 13.0. The van der Waals surface area contributed by atoms with Gasteiger partial charge in [-0.1, -0.05) is 48.6 Å². The predicted octanol–water partition coefficient (Wildman–Crippen LogP) is 3.99. The molecule has 0 N–H and O–H groups in total. The van der Waals surface area contributed by atoms with Crippen LogP contribution < -0.4 is 9.75 Å². The van der Waals surface area contributed by atoms with Crippen LogP contribution >= 0.6 is 0 Å². The molecular weight excluding hydrogens is 368 g/mol. The first-order valence-electron chi connectivity index (χ1n) is 9.28. The summed E-state index contributed by atoms with van der Waals surface area (Å²) in [6, 6.07) is 16.7. The second-order valence-corrected chi connectivity index (χ2v) is 6.16. The van der Waals surface area contributed by atoms with Gasteiger partial charge in [0.25, 0.3) is 5.91 Å². The monoisotopic (exact) mass is 390 g/mol. The van der Waals surface area contributed by atoms with Crippen molar-refractivity contribution < 1.29 is 19.1 Å². The van der Waals surface area contributed by atoms with E-state index in [1.807, 2.05) is 48.5 Å². The summed E-state index contributed by atoms with van der Waals surface area (Å²) >= 11 is 0. The second-order valence-electron chi connectivity index (χ2n) is 6.16. The third-order valence-corrected chi connectivity index (χ3v) is 4.25. The molecular formula is C23H22N2O4. The third kappa shape index (κ3) is 4.79. The van der Waals surface area contributed by atoms with Crippen molar-refractivity contribution in [1.29, 1.82) is 0 Å². The lowest BCUT2D eigenvalue weighted by Crippen LogP contribution is -2.21. The molecule has 1 amide bonds. The second kappa shape index (κ2) is 9.50. The highest BCUT2D eigenvalue weighted by atomic mass is 16.5. The van der Waals surface area contributed by atoms with E-state index in [0.29, 0.717) is 17.0 Å². The van der Waals surface area contributed by atoms with Crippen LogP contribution in [0.2, 0.25) is 0 Å². The lowest BCUT2D eigenvalue weighted by atomic mass is 10.1. The quantitative estimate of drug-likeness (QED) is 0.530. The van der Waals surface area contributed by atoms with Crippen LogP contribution in [0.5, 0.6) is 5.75 Å². The SMILES string of the molecule is CCOC(=O)CC1=NN(c2ccccc2)C(=O)C1=CC=Cc1ccccc1OC. The first kappa shape index (κ1) is 20.1. The number of methoxy groups -OCH3 is 1. The van der Waals surface area contributed by atoms with Crippen molar-refractivity contribution in [3.05, 3.63) is 77.9 Å². The molecule has 6 heteroatoms. The minimum Gasteiger partial charge on any atom is -0.496 e. The van der Waals surface area contributed by atoms with Crippen LogP contribution in [0.15, 0.2) is 77.4 Å². The Morgan fingerprint density at radius 2 is 1.83 bits per heavy atom. The van der Waals surface area contributed by atoms with Crippen molar-refractivity contribution in [3.8, 4) is 5.75 Å². The largest absolute Gasteiger partial charge is 0.496 e. The molecule has 6 nitrogen and oxygen atoms in total. The average Bonchev–Trinajstić information content (AvgIpc) is 3.04. The maximum Gasteiger partial charge on any atom is 0.311 e. The van der Waals surface area contributed by atoms with Crippen molar-refractivity contribution in [2.75, 3.05) is 18.7 Å². The molecule has 29 heavy (non-hydrogen) atoms. The van der Waals surface area contributed by atoms with E-state index in [9.17, 15) is 9.59 Å². The standard InChI is InChI=1S/C23H22N2O4/c1-3-29-22(26)16-20-19(14-9-11-17-10-7-8-15-21(17)28-2)23(27)25(24-20)18-12-5-4-6-13-18/h4-15H,3,16H2,1-2H3. The summed E-state index contributed by atoms with van der Waals surface area (Å²) in [6.07, 6.45) is 5.18. The number of amides is 1. The lowest BCUT2D eigenvalue weighted by Gasteiger charge is -2.10. The first-order valence-corrected chi connectivity index (χ1v) is 9.28. The Morgan fingerprint density at radius 3 is 2.55 bits per heavy atom. The fraction of sp³-hybridized carbons (Fsp3) is 0.174. The molecule has 3 rings (SSSR count). The van der Waals surface area contributed by atoms with Crippen LogP contribution in [-0.4, -0.2) is 31.3 Å². The number of hydrazone groups is 1. The van der Waals surface area contributed by atoms with Gasteiger partial charge in [-0.05, 0) is 31.2 Å². The zero-order chi connectivity index (χ0) is 20.6. The highest BCUT2D eigenvalue weighted by Crippen LogP contribution is 2.25. The number of para-hydroxylation sites is 2. The zero-order valence-electron chi connectivity index (χ0n) is 16.4. The number of carbonyl (C=O) groups is 2. The van der Waals surface area contributed by atoms with Crippen molar-refractivity contribution in [2.24, 2.45) is 5.10 Å². The Morgan fingerprint density at radius 1 is 1.10 bits per heavy atom. The van der Waals surface area contributed by atoms with Crippen molar-refractivity contribution >= 4 is 29.4 Å². The molecule has 0 aliphatic carbocycles. The van der Waals surface area contributed by atoms with E-state index in [1.54, 1.807) is 38.3 Å². The molecule has 0 saturated carbocycles. The minimum atomic E-state index is -0.423. The van der Waals surface area contributed by atoms with Gasteiger partial charge in [-0.15, -0.1) is 0 Å². The van der Waals surface area contributed by atoms with Crippen LogP contribution in [-0.2, 0) is 14.3 Å². The number of ether oxygens (including phenoxy) is 2. The molecule has 0 spiro atoms. The van der Waals surface area contributed by atoms with Gasteiger partial charge >= 0.3 is 5.97 Å². The fourth-order valence-corrected chi connectivity index (χ4v) is 2.90. The molecule has 2 aromatic rings. The number of hydrogen-bond acceptors (Lipinski definition) is 5. The topological polar surface area (TPSA) is 68.2 Å². The van der Waals surface area contributed by atoms with E-state index in [2.05, 4.69) is 5.10 Å². The molecule has 0 saturated heterocycles. The van der Waals surface area contributed by atoms with E-state index in [1.165, 1.54) is 5.01 Å². The summed E-state index contributed by atoms with van der Waals surface area (Å²) in [5.41, 5.74) is 2.24. The first-order chi connectivity index (χ1) is 14.1. The molecule has 0 fully saturated rings. The summed E-state index contributed by atoms with van der Waals surface area (Å²) in [7, 11) is 1.60. The number of allylic oxidation sites excluding steroid dienone is 2. The zero-order valence-corrected chi connectivity index (χ0v) is 16.4. The van der Waals surface area contributed by atoms with Gasteiger partial charge in [-0.25, -0.2) is 0 Å². The Bertz CT molecular complexity index is 977. The highest BCUT2D eigenvalue weighted by molar-refractivity contribution is 6.32. The Hall–Kier alpha value is -3.67. The van der Waals surface area contributed by atoms with Crippen LogP contribution in [0.4, 0.5) is 5.69 Å². The smallest absolute Gasteiger partial charge is 0.311 e. The summed E-state index contributed by atoms with van der Waals surface area (Å²) in [5.74, 6) is 0.0139. The van der Waals surface area contributed by atoms with Gasteiger partial charge < -0.3 is 9.47 Å². The molecule has 0 unspecified atom stereocenters. The number of nitrogens with zero attached hydrogens (tertiary/aromatic N) is 2. The molecule has 1 heterocycles. The van der Waals surface area contributed by atoms with Crippen LogP contribution in [0.25, 0.3) is 6.08 Å². The summed E-state index contributed by atoms with van der Waals surface area (Å²) in [6.45, 7) is 2.01. The van der Waals surface area contributed by atoms with E-state index < -0.39 is 5.97 Å². The van der Waals surface area contributed by atoms with Gasteiger partial charge in [-0.2, -0.15) is 10.1 Å². The number of benzene rings is 2. The van der Waals surface area contributed by atoms with E-state index in [-0.39, 0.29) is 18.9 Å². The van der Waals surface area contributed by atoms with Gasteiger partial charge in [-0.3, -0.25) is 9.59 Å². The van der Waals surface area contributed by atoms with E-state index in [0.717, 1.165) is 11.3 Å². The van der Waals surface area contributed by atoms with Crippen LogP contribution in [0, 0.1) is 0 Å². The fourth-order valence-electron chi connectivity index (χ4n) is 2.90. The van der Waals surface area contributed by atoms with Gasteiger partial charge in [0.15, 0.2) is 0 Å². The summed E-state index contributed by atoms with van der Waals surface area (Å²) in [4.78, 5) is 24.9. The Labute approximate surface area is 169 Å². The lowest BCUT2D eigenvalue weighted by molar-refractivity contribution is -0.141. The number of hydrogen-bond donors (Lipinski definition) is 0. The Balaban J connectivity index is 1.90. The maximum atomic E-state index is 13.0. The average molecular weight is 390 g/mol. The molecule has 0 bridgehead atoms. The van der Waals surface area contributed by atoms with Crippen molar-refractivity contribution in [1.82, 2.24) is 0 Å². The molecule has 1 aliphatic heterocycles. The molecule has 0 atom stereocenters. The normalized spacial score (nSPS) is 15.1. The summed E-state index contributed by atoms with van der Waals surface area (Å²) < 4.78 is 10.4. The van der Waals surface area contributed by atoms with Gasteiger partial charge in [0.05, 0.1) is 37.1 Å². The van der Waals surface area contributed by atoms with Crippen LogP contribution in [0.1, 0.15) is 18.9 Å². The highest BCUT2D eigenvalue weighted by Gasteiger charge is 2.32.